The van der Waals surface area contributed by atoms with Gasteiger partial charge in [0.2, 0.25) is 5.91 Å². The maximum atomic E-state index is 11.9. The van der Waals surface area contributed by atoms with E-state index < -0.39 is 5.60 Å². The number of carbonyl (C=O) groups is 2. The average Bonchev–Trinajstić information content (AvgIpc) is 2.93. The summed E-state index contributed by atoms with van der Waals surface area (Å²) in [5.74, 6) is -0.0356. The van der Waals surface area contributed by atoms with E-state index in [1.807, 2.05) is 6.92 Å². The SMILES string of the molecule is Cc1ccoc1C(=O)NCCCNC(=O)CC1(O)CCCCC1. The Labute approximate surface area is 136 Å². The Bertz CT molecular complexity index is 532. The number of rotatable bonds is 7. The van der Waals surface area contributed by atoms with Crippen molar-refractivity contribution in [3.05, 3.63) is 23.7 Å². The summed E-state index contributed by atoms with van der Waals surface area (Å²) in [5, 5.41) is 15.9. The molecule has 6 heteroatoms. The van der Waals surface area contributed by atoms with Gasteiger partial charge in [-0.15, -0.1) is 0 Å². The third-order valence-corrected chi connectivity index (χ3v) is 4.30. The van der Waals surface area contributed by atoms with Crippen LogP contribution in [0.15, 0.2) is 16.7 Å². The number of aryl methyl sites for hydroxylation is 1. The zero-order valence-electron chi connectivity index (χ0n) is 13.7. The van der Waals surface area contributed by atoms with E-state index in [1.54, 1.807) is 6.07 Å². The molecular weight excluding hydrogens is 296 g/mol. The van der Waals surface area contributed by atoms with Gasteiger partial charge in [-0.2, -0.15) is 0 Å². The van der Waals surface area contributed by atoms with Crippen LogP contribution in [0.25, 0.3) is 0 Å². The van der Waals surface area contributed by atoms with Crippen molar-refractivity contribution < 1.29 is 19.1 Å². The summed E-state index contributed by atoms with van der Waals surface area (Å²) in [5.41, 5.74) is -0.0237. The summed E-state index contributed by atoms with van der Waals surface area (Å²) in [6.45, 7) is 2.75. The van der Waals surface area contributed by atoms with Gasteiger partial charge in [0.05, 0.1) is 18.3 Å². The van der Waals surface area contributed by atoms with Crippen molar-refractivity contribution >= 4 is 11.8 Å². The van der Waals surface area contributed by atoms with Crippen molar-refractivity contribution in [2.24, 2.45) is 0 Å². The second kappa shape index (κ2) is 8.15. The molecule has 1 heterocycles. The lowest BCUT2D eigenvalue weighted by molar-refractivity contribution is -0.127. The van der Waals surface area contributed by atoms with Gasteiger partial charge in [-0.25, -0.2) is 0 Å². The topological polar surface area (TPSA) is 91.6 Å². The summed E-state index contributed by atoms with van der Waals surface area (Å²) < 4.78 is 5.11. The zero-order chi connectivity index (χ0) is 16.7. The Morgan fingerprint density at radius 1 is 1.22 bits per heavy atom. The van der Waals surface area contributed by atoms with Gasteiger partial charge in [0.1, 0.15) is 0 Å². The van der Waals surface area contributed by atoms with Crippen molar-refractivity contribution in [1.29, 1.82) is 0 Å². The molecule has 2 rings (SSSR count). The van der Waals surface area contributed by atoms with Gasteiger partial charge in [-0.05, 0) is 32.3 Å². The number of furan rings is 1. The van der Waals surface area contributed by atoms with Crippen molar-refractivity contribution in [3.8, 4) is 0 Å². The van der Waals surface area contributed by atoms with Gasteiger partial charge in [-0.3, -0.25) is 9.59 Å². The van der Waals surface area contributed by atoms with Gasteiger partial charge >= 0.3 is 0 Å². The number of hydrogen-bond acceptors (Lipinski definition) is 4. The second-order valence-electron chi connectivity index (χ2n) is 6.35. The van der Waals surface area contributed by atoms with E-state index in [9.17, 15) is 14.7 Å². The summed E-state index contributed by atoms with van der Waals surface area (Å²) in [7, 11) is 0. The standard InChI is InChI=1S/C17H26N2O4/c1-13-6-11-23-15(13)16(21)19-10-5-9-18-14(20)12-17(22)7-3-2-4-8-17/h6,11,22H,2-5,7-10,12H2,1H3,(H,18,20)(H,19,21). The molecule has 1 aliphatic rings. The zero-order valence-corrected chi connectivity index (χ0v) is 13.7. The van der Waals surface area contributed by atoms with Crippen molar-refractivity contribution in [2.75, 3.05) is 13.1 Å². The molecule has 1 aromatic heterocycles. The Kier molecular flexibility index (Phi) is 6.21. The summed E-state index contributed by atoms with van der Waals surface area (Å²) >= 11 is 0. The molecule has 6 nitrogen and oxygen atoms in total. The normalized spacial score (nSPS) is 16.8. The van der Waals surface area contributed by atoms with Crippen LogP contribution in [0.2, 0.25) is 0 Å². The quantitative estimate of drug-likeness (QED) is 0.669. The highest BCUT2D eigenvalue weighted by Crippen LogP contribution is 2.30. The lowest BCUT2D eigenvalue weighted by Crippen LogP contribution is -2.39. The fourth-order valence-electron chi connectivity index (χ4n) is 2.95. The monoisotopic (exact) mass is 322 g/mol. The van der Waals surface area contributed by atoms with Crippen LogP contribution in [-0.2, 0) is 4.79 Å². The predicted molar refractivity (Wildman–Crippen MR) is 86.1 cm³/mol. The highest BCUT2D eigenvalue weighted by molar-refractivity contribution is 5.92. The lowest BCUT2D eigenvalue weighted by Gasteiger charge is -2.31. The third-order valence-electron chi connectivity index (χ3n) is 4.30. The molecule has 23 heavy (non-hydrogen) atoms. The first kappa shape index (κ1) is 17.5. The Morgan fingerprint density at radius 2 is 1.91 bits per heavy atom. The van der Waals surface area contributed by atoms with E-state index in [4.69, 9.17) is 4.42 Å². The van der Waals surface area contributed by atoms with Gasteiger partial charge < -0.3 is 20.2 Å². The number of carbonyl (C=O) groups excluding carboxylic acids is 2. The van der Waals surface area contributed by atoms with Crippen LogP contribution in [-0.4, -0.2) is 35.6 Å². The molecule has 1 fully saturated rings. The van der Waals surface area contributed by atoms with Crippen LogP contribution >= 0.6 is 0 Å². The molecule has 0 aliphatic heterocycles. The number of amides is 2. The van der Waals surface area contributed by atoms with Crippen LogP contribution in [0.5, 0.6) is 0 Å². The van der Waals surface area contributed by atoms with Crippen molar-refractivity contribution in [1.82, 2.24) is 10.6 Å². The molecular formula is C17H26N2O4. The highest BCUT2D eigenvalue weighted by atomic mass is 16.3. The smallest absolute Gasteiger partial charge is 0.287 e. The van der Waals surface area contributed by atoms with Gasteiger partial charge in [0, 0.05) is 18.7 Å². The Balaban J connectivity index is 1.59. The van der Waals surface area contributed by atoms with E-state index in [0.717, 1.165) is 24.8 Å². The van der Waals surface area contributed by atoms with Crippen molar-refractivity contribution in [3.63, 3.8) is 0 Å². The predicted octanol–water partition coefficient (Wildman–Crippen LogP) is 1.91. The van der Waals surface area contributed by atoms with Crippen LogP contribution < -0.4 is 10.6 Å². The van der Waals surface area contributed by atoms with Crippen LogP contribution in [0.3, 0.4) is 0 Å². The summed E-state index contributed by atoms with van der Waals surface area (Å²) in [6.07, 6.45) is 6.82. The molecule has 2 amide bonds. The fourth-order valence-corrected chi connectivity index (χ4v) is 2.95. The molecule has 3 N–H and O–H groups in total. The highest BCUT2D eigenvalue weighted by Gasteiger charge is 2.31. The molecule has 1 saturated carbocycles. The summed E-state index contributed by atoms with van der Waals surface area (Å²) in [6, 6.07) is 1.74. The van der Waals surface area contributed by atoms with Crippen LogP contribution in [0, 0.1) is 6.92 Å². The van der Waals surface area contributed by atoms with E-state index in [0.29, 0.717) is 38.1 Å². The molecule has 0 radical (unpaired) electrons. The minimum absolute atomic E-state index is 0.123. The molecule has 0 aromatic carbocycles. The maximum Gasteiger partial charge on any atom is 0.287 e. The Morgan fingerprint density at radius 3 is 2.57 bits per heavy atom. The number of hydrogen-bond donors (Lipinski definition) is 3. The first-order valence-corrected chi connectivity index (χ1v) is 8.32. The van der Waals surface area contributed by atoms with E-state index in [2.05, 4.69) is 10.6 Å². The number of nitrogens with one attached hydrogen (secondary N) is 2. The molecule has 1 aliphatic carbocycles. The molecule has 0 saturated heterocycles. The molecule has 0 spiro atoms. The lowest BCUT2D eigenvalue weighted by atomic mass is 9.82. The van der Waals surface area contributed by atoms with Gasteiger partial charge in [-0.1, -0.05) is 19.3 Å². The Hall–Kier alpha value is -1.82. The fraction of sp³-hybridized carbons (Fsp3) is 0.647. The van der Waals surface area contributed by atoms with E-state index in [-0.39, 0.29) is 18.2 Å². The van der Waals surface area contributed by atoms with Gasteiger partial charge in [0.25, 0.3) is 5.91 Å². The minimum atomic E-state index is -0.826. The first-order chi connectivity index (χ1) is 11.0. The average molecular weight is 322 g/mol. The molecule has 0 unspecified atom stereocenters. The number of aliphatic hydroxyl groups is 1. The molecule has 0 bridgehead atoms. The van der Waals surface area contributed by atoms with E-state index >= 15 is 0 Å². The van der Waals surface area contributed by atoms with Crippen LogP contribution in [0.4, 0.5) is 0 Å². The van der Waals surface area contributed by atoms with Crippen LogP contribution in [0.1, 0.15) is 61.1 Å². The largest absolute Gasteiger partial charge is 0.459 e. The molecule has 0 atom stereocenters. The van der Waals surface area contributed by atoms with Gasteiger partial charge in [0.15, 0.2) is 5.76 Å². The minimum Gasteiger partial charge on any atom is -0.459 e. The first-order valence-electron chi connectivity index (χ1n) is 8.32. The third kappa shape index (κ3) is 5.39. The molecule has 1 aromatic rings. The van der Waals surface area contributed by atoms with E-state index in [1.165, 1.54) is 6.26 Å². The second-order valence-corrected chi connectivity index (χ2v) is 6.35. The molecule has 128 valence electrons. The van der Waals surface area contributed by atoms with Crippen molar-refractivity contribution in [2.45, 2.75) is 57.5 Å². The maximum absolute atomic E-state index is 11.9. The summed E-state index contributed by atoms with van der Waals surface area (Å²) in [4.78, 5) is 23.7.